The predicted molar refractivity (Wildman–Crippen MR) is 38.7 cm³/mol. The molecule has 1 heterocycles. The Morgan fingerprint density at radius 3 is 3.33 bits per heavy atom. The highest BCUT2D eigenvalue weighted by atomic mass is 14.8. The Morgan fingerprint density at radius 1 is 1.89 bits per heavy atom. The van der Waals surface area contributed by atoms with Crippen molar-refractivity contribution in [3.05, 3.63) is 36.6 Å². The van der Waals surface area contributed by atoms with E-state index >= 15 is 0 Å². The zero-order chi connectivity index (χ0) is 6.53. The van der Waals surface area contributed by atoms with Crippen LogP contribution in [0.3, 0.4) is 0 Å². The Hall–Kier alpha value is -0.980. The van der Waals surface area contributed by atoms with Crippen molar-refractivity contribution in [3.8, 4) is 0 Å². The predicted octanol–water partition coefficient (Wildman–Crippen LogP) is 1.41. The molecule has 0 spiro atoms. The Labute approximate surface area is 55.8 Å². The summed E-state index contributed by atoms with van der Waals surface area (Å²) >= 11 is 0. The van der Waals surface area contributed by atoms with Gasteiger partial charge in [-0.25, -0.2) is 0 Å². The molecule has 1 N–H and O–H groups in total. The summed E-state index contributed by atoms with van der Waals surface area (Å²) in [5, 5.41) is 3.00. The van der Waals surface area contributed by atoms with Gasteiger partial charge >= 0.3 is 0 Å². The fourth-order valence-electron chi connectivity index (χ4n) is 0.741. The molecule has 0 aliphatic carbocycles. The van der Waals surface area contributed by atoms with Crippen molar-refractivity contribution in [1.82, 2.24) is 5.32 Å². The van der Waals surface area contributed by atoms with Crippen molar-refractivity contribution in [2.45, 2.75) is 6.42 Å². The van der Waals surface area contributed by atoms with Gasteiger partial charge in [0.2, 0.25) is 0 Å². The van der Waals surface area contributed by atoms with Crippen LogP contribution in [0.25, 0.3) is 0 Å². The minimum atomic E-state index is 0.903. The Bertz CT molecular complexity index is 154. The molecule has 0 atom stereocenters. The van der Waals surface area contributed by atoms with E-state index in [0.717, 1.165) is 13.0 Å². The molecular weight excluding hydrogens is 110 g/mol. The Kier molecular flexibility index (Phi) is 2.13. The van der Waals surface area contributed by atoms with Crippen molar-refractivity contribution in [3.63, 3.8) is 0 Å². The van der Waals surface area contributed by atoms with E-state index in [1.54, 1.807) is 0 Å². The first-order valence-corrected chi connectivity index (χ1v) is 3.05. The van der Waals surface area contributed by atoms with Gasteiger partial charge in [-0.2, -0.15) is 0 Å². The van der Waals surface area contributed by atoms with E-state index in [1.807, 2.05) is 6.08 Å². The molecule has 0 unspecified atom stereocenters. The third-order valence-electron chi connectivity index (χ3n) is 1.15. The van der Waals surface area contributed by atoms with Crippen molar-refractivity contribution in [1.29, 1.82) is 0 Å². The average Bonchev–Trinajstić information content (AvgIpc) is 1.91. The summed E-state index contributed by atoms with van der Waals surface area (Å²) in [5.41, 5.74) is 1.18. The molecule has 0 aromatic carbocycles. The fraction of sp³-hybridized carbons (Fsp3) is 0.250. The largest absolute Gasteiger partial charge is 0.380 e. The normalized spacial score (nSPS) is 16.2. The molecule has 1 rings (SSSR count). The SMILES string of the molecule is C=CCC1=[C]NCC=C1. The van der Waals surface area contributed by atoms with Gasteiger partial charge in [0.15, 0.2) is 0 Å². The van der Waals surface area contributed by atoms with Crippen LogP contribution in [-0.2, 0) is 0 Å². The molecule has 0 saturated heterocycles. The third kappa shape index (κ3) is 1.76. The van der Waals surface area contributed by atoms with E-state index in [1.165, 1.54) is 5.57 Å². The van der Waals surface area contributed by atoms with E-state index in [-0.39, 0.29) is 0 Å². The first kappa shape index (κ1) is 6.14. The van der Waals surface area contributed by atoms with Crippen LogP contribution in [0.5, 0.6) is 0 Å². The van der Waals surface area contributed by atoms with Crippen molar-refractivity contribution in [2.24, 2.45) is 0 Å². The number of nitrogens with one attached hydrogen (secondary N) is 1. The second-order valence-electron chi connectivity index (χ2n) is 1.93. The van der Waals surface area contributed by atoms with Gasteiger partial charge < -0.3 is 5.32 Å². The van der Waals surface area contributed by atoms with E-state index in [4.69, 9.17) is 0 Å². The lowest BCUT2D eigenvalue weighted by atomic mass is 10.1. The second kappa shape index (κ2) is 3.13. The topological polar surface area (TPSA) is 12.0 Å². The van der Waals surface area contributed by atoms with Crippen LogP contribution in [0, 0.1) is 6.20 Å². The smallest absolute Gasteiger partial charge is 0.0617 e. The summed E-state index contributed by atoms with van der Waals surface area (Å²) in [4.78, 5) is 0. The summed E-state index contributed by atoms with van der Waals surface area (Å²) in [6.07, 6.45) is 9.96. The lowest BCUT2D eigenvalue weighted by Crippen LogP contribution is -2.09. The molecule has 0 aromatic rings. The Balaban J connectivity index is 2.47. The number of hydrogen-bond donors (Lipinski definition) is 1. The molecular formula is C8H10N. The molecule has 1 aliphatic heterocycles. The molecule has 9 heavy (non-hydrogen) atoms. The molecule has 0 bridgehead atoms. The maximum Gasteiger partial charge on any atom is 0.0617 e. The first-order valence-electron chi connectivity index (χ1n) is 3.05. The van der Waals surface area contributed by atoms with Gasteiger partial charge in [-0.15, -0.1) is 6.58 Å². The van der Waals surface area contributed by atoms with Gasteiger partial charge in [-0.05, 0) is 12.0 Å². The summed E-state index contributed by atoms with van der Waals surface area (Å²) in [7, 11) is 0. The lowest BCUT2D eigenvalue weighted by Gasteiger charge is -2.03. The highest BCUT2D eigenvalue weighted by Gasteiger charge is 1.92. The summed E-state index contributed by atoms with van der Waals surface area (Å²) in [6.45, 7) is 4.54. The molecule has 1 aliphatic rings. The second-order valence-corrected chi connectivity index (χ2v) is 1.93. The standard InChI is InChI=1S/C8H10N/c1-2-4-8-5-3-6-9-7-8/h2-3,5,9H,1,4,6H2. The monoisotopic (exact) mass is 120 g/mol. The number of allylic oxidation sites excluding steroid dienone is 3. The van der Waals surface area contributed by atoms with Gasteiger partial charge in [0.05, 0.1) is 6.20 Å². The maximum absolute atomic E-state index is 3.63. The van der Waals surface area contributed by atoms with Crippen molar-refractivity contribution < 1.29 is 0 Å². The van der Waals surface area contributed by atoms with Crippen LogP contribution in [0.2, 0.25) is 0 Å². The number of hydrogen-bond acceptors (Lipinski definition) is 1. The highest BCUT2D eigenvalue weighted by Crippen LogP contribution is 2.03. The molecule has 47 valence electrons. The van der Waals surface area contributed by atoms with E-state index in [2.05, 4.69) is 30.2 Å². The van der Waals surface area contributed by atoms with Gasteiger partial charge in [-0.1, -0.05) is 18.2 Å². The van der Waals surface area contributed by atoms with E-state index < -0.39 is 0 Å². The summed E-state index contributed by atoms with van der Waals surface area (Å²) < 4.78 is 0. The van der Waals surface area contributed by atoms with Gasteiger partial charge in [0.25, 0.3) is 0 Å². The van der Waals surface area contributed by atoms with Crippen LogP contribution in [0.1, 0.15) is 6.42 Å². The van der Waals surface area contributed by atoms with E-state index in [0.29, 0.717) is 0 Å². The third-order valence-corrected chi connectivity index (χ3v) is 1.15. The molecule has 0 saturated carbocycles. The Morgan fingerprint density at radius 2 is 2.78 bits per heavy atom. The highest BCUT2D eigenvalue weighted by molar-refractivity contribution is 5.20. The minimum absolute atomic E-state index is 0.903. The van der Waals surface area contributed by atoms with Crippen molar-refractivity contribution >= 4 is 0 Å². The first-order chi connectivity index (χ1) is 4.43. The zero-order valence-electron chi connectivity index (χ0n) is 5.35. The minimum Gasteiger partial charge on any atom is -0.380 e. The molecule has 0 amide bonds. The molecule has 1 radical (unpaired) electrons. The summed E-state index contributed by atoms with van der Waals surface area (Å²) in [5.74, 6) is 0. The van der Waals surface area contributed by atoms with Crippen LogP contribution >= 0.6 is 0 Å². The van der Waals surface area contributed by atoms with Crippen LogP contribution in [-0.4, -0.2) is 6.54 Å². The maximum atomic E-state index is 3.63. The molecule has 0 aromatic heterocycles. The fourth-order valence-corrected chi connectivity index (χ4v) is 0.741. The van der Waals surface area contributed by atoms with Crippen LogP contribution in [0.15, 0.2) is 30.4 Å². The van der Waals surface area contributed by atoms with Crippen LogP contribution < -0.4 is 5.32 Å². The lowest BCUT2D eigenvalue weighted by molar-refractivity contribution is 0.912. The van der Waals surface area contributed by atoms with Gasteiger partial charge in [-0.3, -0.25) is 0 Å². The molecule has 1 heteroatoms. The quantitative estimate of drug-likeness (QED) is 0.543. The van der Waals surface area contributed by atoms with Crippen LogP contribution in [0.4, 0.5) is 0 Å². The number of rotatable bonds is 2. The number of dihydropyridines is 1. The zero-order valence-corrected chi connectivity index (χ0v) is 5.35. The average molecular weight is 120 g/mol. The molecule has 1 nitrogen and oxygen atoms in total. The van der Waals surface area contributed by atoms with Gasteiger partial charge in [0, 0.05) is 6.54 Å². The van der Waals surface area contributed by atoms with Crippen molar-refractivity contribution in [2.75, 3.05) is 6.54 Å². The molecule has 0 fully saturated rings. The van der Waals surface area contributed by atoms with E-state index in [9.17, 15) is 0 Å². The van der Waals surface area contributed by atoms with Gasteiger partial charge in [0.1, 0.15) is 0 Å². The summed E-state index contributed by atoms with van der Waals surface area (Å²) in [6, 6.07) is 0.